The van der Waals surface area contributed by atoms with Crippen molar-refractivity contribution >= 4 is 6.09 Å². The molecule has 9 heteroatoms. The van der Waals surface area contributed by atoms with Gasteiger partial charge in [-0.15, -0.1) is 0 Å². The summed E-state index contributed by atoms with van der Waals surface area (Å²) >= 11 is 0. The van der Waals surface area contributed by atoms with Crippen LogP contribution in [-0.4, -0.2) is 45.3 Å². The molecular weight excluding hydrogens is 408 g/mol. The molecule has 0 N–H and O–H groups in total. The Kier molecular flexibility index (Phi) is 6.92. The van der Waals surface area contributed by atoms with E-state index in [0.29, 0.717) is 31.1 Å². The first-order valence-electron chi connectivity index (χ1n) is 10.2. The van der Waals surface area contributed by atoms with Crippen molar-refractivity contribution in [3.05, 3.63) is 47.9 Å². The molecular formula is C22H27F2N3O4. The van der Waals surface area contributed by atoms with Crippen molar-refractivity contribution in [2.75, 3.05) is 6.54 Å². The maximum absolute atomic E-state index is 13.7. The molecule has 7 nitrogen and oxygen atoms in total. The van der Waals surface area contributed by atoms with Gasteiger partial charge in [-0.25, -0.2) is 18.6 Å². The Bertz CT molecular complexity index is 920. The minimum Gasteiger partial charge on any atom is -0.483 e. The Morgan fingerprint density at radius 3 is 2.71 bits per heavy atom. The minimum absolute atomic E-state index is 0.0420. The molecule has 1 saturated heterocycles. The second kappa shape index (κ2) is 9.45. The Labute approximate surface area is 180 Å². The maximum atomic E-state index is 13.7. The Balaban J connectivity index is 1.55. The van der Waals surface area contributed by atoms with E-state index in [1.54, 1.807) is 11.0 Å². The van der Waals surface area contributed by atoms with Crippen molar-refractivity contribution in [1.82, 2.24) is 14.9 Å². The normalized spacial score (nSPS) is 19.1. The number of halogens is 2. The van der Waals surface area contributed by atoms with Gasteiger partial charge < -0.3 is 19.1 Å². The van der Waals surface area contributed by atoms with Crippen LogP contribution in [0.3, 0.4) is 0 Å². The van der Waals surface area contributed by atoms with Crippen molar-refractivity contribution in [2.24, 2.45) is 0 Å². The predicted octanol–water partition coefficient (Wildman–Crippen LogP) is 4.50. The molecule has 3 rings (SSSR count). The number of carbonyl (C=O) groups is 1. The number of nitrogens with zero attached hydrogens (tertiary/aromatic N) is 3. The number of amides is 1. The molecule has 2 heterocycles. The lowest BCUT2D eigenvalue weighted by Crippen LogP contribution is -2.49. The van der Waals surface area contributed by atoms with E-state index < -0.39 is 17.2 Å². The quantitative estimate of drug-likeness (QED) is 0.689. The van der Waals surface area contributed by atoms with E-state index in [1.807, 2.05) is 27.7 Å². The van der Waals surface area contributed by atoms with E-state index in [9.17, 15) is 13.6 Å². The van der Waals surface area contributed by atoms with Gasteiger partial charge in [-0.05, 0) is 39.8 Å². The molecule has 0 saturated carbocycles. The summed E-state index contributed by atoms with van der Waals surface area (Å²) in [5, 5.41) is 0. The van der Waals surface area contributed by atoms with Gasteiger partial charge in [-0.2, -0.15) is 4.98 Å². The van der Waals surface area contributed by atoms with Crippen LogP contribution >= 0.6 is 0 Å². The third kappa shape index (κ3) is 6.50. The van der Waals surface area contributed by atoms with Crippen LogP contribution in [0.15, 0.2) is 30.5 Å². The van der Waals surface area contributed by atoms with Crippen LogP contribution in [-0.2, 0) is 11.3 Å². The van der Waals surface area contributed by atoms with E-state index >= 15 is 0 Å². The molecule has 1 aromatic carbocycles. The maximum Gasteiger partial charge on any atom is 0.410 e. The largest absolute Gasteiger partial charge is 0.483 e. The number of rotatable bonds is 5. The average molecular weight is 435 g/mol. The van der Waals surface area contributed by atoms with Gasteiger partial charge in [0.25, 0.3) is 0 Å². The van der Waals surface area contributed by atoms with Crippen LogP contribution in [0.2, 0.25) is 0 Å². The Hall–Kier alpha value is -2.97. The third-order valence-electron chi connectivity index (χ3n) is 4.67. The summed E-state index contributed by atoms with van der Waals surface area (Å²) in [6, 6.07) is 4.67. The van der Waals surface area contributed by atoms with Crippen molar-refractivity contribution < 1.29 is 27.8 Å². The summed E-state index contributed by atoms with van der Waals surface area (Å²) in [7, 11) is 0. The van der Waals surface area contributed by atoms with Crippen LogP contribution in [0.25, 0.3) is 0 Å². The monoisotopic (exact) mass is 435 g/mol. The molecule has 0 radical (unpaired) electrons. The second-order valence-corrected chi connectivity index (χ2v) is 8.46. The number of benzene rings is 1. The summed E-state index contributed by atoms with van der Waals surface area (Å²) in [4.78, 5) is 22.4. The van der Waals surface area contributed by atoms with E-state index in [-0.39, 0.29) is 30.6 Å². The van der Waals surface area contributed by atoms with Crippen LogP contribution in [0, 0.1) is 11.6 Å². The van der Waals surface area contributed by atoms with Gasteiger partial charge in [0.1, 0.15) is 24.1 Å². The van der Waals surface area contributed by atoms with Crippen molar-refractivity contribution in [3.8, 4) is 11.6 Å². The van der Waals surface area contributed by atoms with Crippen LogP contribution in [0.4, 0.5) is 13.6 Å². The number of ether oxygens (including phenoxy) is 3. The third-order valence-corrected chi connectivity index (χ3v) is 4.67. The number of carbonyl (C=O) groups excluding carboxylic acids is 1. The topological polar surface area (TPSA) is 73.8 Å². The lowest BCUT2D eigenvalue weighted by Gasteiger charge is -2.38. The Morgan fingerprint density at radius 1 is 1.26 bits per heavy atom. The lowest BCUT2D eigenvalue weighted by atomic mass is 10.0. The van der Waals surface area contributed by atoms with Gasteiger partial charge >= 0.3 is 6.09 Å². The van der Waals surface area contributed by atoms with Crippen molar-refractivity contribution in [3.63, 3.8) is 0 Å². The predicted molar refractivity (Wildman–Crippen MR) is 109 cm³/mol. The van der Waals surface area contributed by atoms with Gasteiger partial charge in [-0.1, -0.05) is 0 Å². The van der Waals surface area contributed by atoms with Gasteiger partial charge in [0, 0.05) is 43.8 Å². The highest BCUT2D eigenvalue weighted by Gasteiger charge is 2.32. The molecule has 0 spiro atoms. The molecule has 168 valence electrons. The van der Waals surface area contributed by atoms with Crippen LogP contribution < -0.4 is 9.47 Å². The lowest BCUT2D eigenvalue weighted by molar-refractivity contribution is -0.00156. The van der Waals surface area contributed by atoms with E-state index in [4.69, 9.17) is 14.2 Å². The first-order valence-corrected chi connectivity index (χ1v) is 10.2. The second-order valence-electron chi connectivity index (χ2n) is 8.46. The molecule has 0 unspecified atom stereocenters. The molecule has 1 aromatic heterocycles. The van der Waals surface area contributed by atoms with Gasteiger partial charge in [0.05, 0.1) is 0 Å². The average Bonchev–Trinajstić information content (AvgIpc) is 2.66. The highest BCUT2D eigenvalue weighted by molar-refractivity contribution is 5.68. The van der Waals surface area contributed by atoms with Crippen molar-refractivity contribution in [1.29, 1.82) is 0 Å². The van der Waals surface area contributed by atoms with E-state index in [1.165, 1.54) is 12.3 Å². The van der Waals surface area contributed by atoms with E-state index in [2.05, 4.69) is 9.97 Å². The molecule has 1 aliphatic rings. The van der Waals surface area contributed by atoms with Crippen molar-refractivity contribution in [2.45, 2.75) is 64.9 Å². The standard InChI is InChI=1S/C22H27F2N3O4/c1-14-11-16(8-10-27(14)21(28)31-22(2,3)4)30-20-7-9-25-19(26-20)13-29-18-6-5-15(23)12-17(18)24/h5-7,9,12,14,16H,8,10-11,13H2,1-4H3/t14-,16-/m0/s1. The zero-order chi connectivity index (χ0) is 22.6. The number of hydrogen-bond acceptors (Lipinski definition) is 6. The van der Waals surface area contributed by atoms with Crippen LogP contribution in [0.1, 0.15) is 46.4 Å². The summed E-state index contributed by atoms with van der Waals surface area (Å²) in [6.45, 7) is 7.90. The fraction of sp³-hybridized carbons (Fsp3) is 0.500. The van der Waals surface area contributed by atoms with E-state index in [0.717, 1.165) is 12.1 Å². The number of aromatic nitrogens is 2. The summed E-state index contributed by atoms with van der Waals surface area (Å²) < 4.78 is 43.5. The number of likely N-dealkylation sites (tertiary alicyclic amines) is 1. The summed E-state index contributed by atoms with van der Waals surface area (Å²) in [6.07, 6.45) is 2.36. The summed E-state index contributed by atoms with van der Waals surface area (Å²) in [5.74, 6) is -0.877. The fourth-order valence-electron chi connectivity index (χ4n) is 3.25. The van der Waals surface area contributed by atoms with Gasteiger partial charge in [-0.3, -0.25) is 0 Å². The van der Waals surface area contributed by atoms with Crippen LogP contribution in [0.5, 0.6) is 11.6 Å². The smallest absolute Gasteiger partial charge is 0.410 e. The zero-order valence-electron chi connectivity index (χ0n) is 18.1. The Morgan fingerprint density at radius 2 is 2.03 bits per heavy atom. The number of hydrogen-bond donors (Lipinski definition) is 0. The highest BCUT2D eigenvalue weighted by Crippen LogP contribution is 2.24. The highest BCUT2D eigenvalue weighted by atomic mass is 19.1. The van der Waals surface area contributed by atoms with Gasteiger partial charge in [0.15, 0.2) is 17.4 Å². The molecule has 0 bridgehead atoms. The first kappa shape index (κ1) is 22.7. The molecule has 1 amide bonds. The first-order chi connectivity index (χ1) is 14.6. The summed E-state index contributed by atoms with van der Waals surface area (Å²) in [5.41, 5.74) is -0.541. The molecule has 1 fully saturated rings. The fourth-order valence-corrected chi connectivity index (χ4v) is 3.25. The molecule has 2 atom stereocenters. The molecule has 1 aliphatic heterocycles. The van der Waals surface area contributed by atoms with Gasteiger partial charge in [0.2, 0.25) is 5.88 Å². The molecule has 2 aromatic rings. The zero-order valence-corrected chi connectivity index (χ0v) is 18.1. The number of piperidine rings is 1. The minimum atomic E-state index is -0.793. The molecule has 31 heavy (non-hydrogen) atoms. The molecule has 0 aliphatic carbocycles. The SMILES string of the molecule is C[C@H]1C[C@@H](Oc2ccnc(COc3ccc(F)cc3F)n2)CCN1C(=O)OC(C)(C)C.